The fourth-order valence-electron chi connectivity index (χ4n) is 3.76. The van der Waals surface area contributed by atoms with Gasteiger partial charge in [-0.1, -0.05) is 35.9 Å². The number of benzene rings is 2. The van der Waals surface area contributed by atoms with E-state index >= 15 is 0 Å². The van der Waals surface area contributed by atoms with Gasteiger partial charge in [-0.15, -0.1) is 0 Å². The molecule has 1 atom stereocenters. The number of carbonyl (C=O) groups excluding carboxylic acids is 1. The van der Waals surface area contributed by atoms with Crippen LogP contribution in [0.1, 0.15) is 33.9 Å². The van der Waals surface area contributed by atoms with Crippen molar-refractivity contribution < 1.29 is 9.90 Å². The topological polar surface area (TPSA) is 84.2 Å². The van der Waals surface area contributed by atoms with Gasteiger partial charge in [-0.2, -0.15) is 0 Å². The molecule has 2 N–H and O–H groups in total. The number of fused-ring (bicyclic) bond motifs is 1. The highest BCUT2D eigenvalue weighted by Crippen LogP contribution is 2.29. The van der Waals surface area contributed by atoms with Crippen molar-refractivity contribution in [3.63, 3.8) is 0 Å². The van der Waals surface area contributed by atoms with Gasteiger partial charge in [-0.05, 0) is 47.5 Å². The molecule has 7 heteroatoms. The number of aromatic hydroxyl groups is 1. The van der Waals surface area contributed by atoms with E-state index in [-0.39, 0.29) is 23.8 Å². The van der Waals surface area contributed by atoms with E-state index in [1.54, 1.807) is 55.8 Å². The van der Waals surface area contributed by atoms with E-state index in [1.165, 1.54) is 4.57 Å². The summed E-state index contributed by atoms with van der Waals surface area (Å²) in [7, 11) is 1.60. The average molecular weight is 448 g/mol. The van der Waals surface area contributed by atoms with Crippen LogP contribution in [0.25, 0.3) is 10.9 Å². The minimum Gasteiger partial charge on any atom is -0.506 e. The molecule has 2 aromatic carbocycles. The summed E-state index contributed by atoms with van der Waals surface area (Å²) in [5.74, 6) is -0.714. The molecule has 0 aliphatic carbocycles. The van der Waals surface area contributed by atoms with Crippen LogP contribution in [-0.4, -0.2) is 20.4 Å². The van der Waals surface area contributed by atoms with Gasteiger partial charge in [-0.3, -0.25) is 14.6 Å². The predicted molar refractivity (Wildman–Crippen MR) is 125 cm³/mol. The summed E-state index contributed by atoms with van der Waals surface area (Å²) in [5.41, 5.74) is 1.72. The third-order valence-corrected chi connectivity index (χ3v) is 5.77. The number of rotatable bonds is 7. The fraction of sp³-hybridized carbons (Fsp3) is 0.160. The van der Waals surface area contributed by atoms with Crippen LogP contribution < -0.4 is 10.9 Å². The highest BCUT2D eigenvalue weighted by molar-refractivity contribution is 6.30. The maximum atomic E-state index is 13.3. The molecule has 6 nitrogen and oxygen atoms in total. The molecule has 1 unspecified atom stereocenters. The second-order valence-electron chi connectivity index (χ2n) is 7.57. The van der Waals surface area contributed by atoms with E-state index in [0.29, 0.717) is 22.5 Å². The van der Waals surface area contributed by atoms with Crippen LogP contribution >= 0.6 is 11.6 Å². The summed E-state index contributed by atoms with van der Waals surface area (Å²) in [6.07, 6.45) is 3.40. The number of aryl methyl sites for hydroxylation is 1. The molecule has 0 aliphatic heterocycles. The van der Waals surface area contributed by atoms with Crippen LogP contribution in [0.3, 0.4) is 0 Å². The highest BCUT2D eigenvalue weighted by Gasteiger charge is 2.24. The number of aromatic nitrogens is 2. The molecule has 4 aromatic rings. The average Bonchev–Trinajstić information content (AvgIpc) is 2.81. The number of nitrogens with one attached hydrogen (secondary N) is 1. The van der Waals surface area contributed by atoms with Crippen LogP contribution in [0.5, 0.6) is 5.75 Å². The summed E-state index contributed by atoms with van der Waals surface area (Å²) in [6.45, 7) is 0.505. The lowest BCUT2D eigenvalue weighted by atomic mass is 9.96. The first kappa shape index (κ1) is 21.7. The van der Waals surface area contributed by atoms with Crippen molar-refractivity contribution >= 4 is 28.3 Å². The summed E-state index contributed by atoms with van der Waals surface area (Å²) in [6, 6.07) is 17.6. The Labute approximate surface area is 190 Å². The molecule has 0 fully saturated rings. The van der Waals surface area contributed by atoms with Crippen molar-refractivity contribution in [2.75, 3.05) is 0 Å². The van der Waals surface area contributed by atoms with Gasteiger partial charge >= 0.3 is 0 Å². The monoisotopic (exact) mass is 447 g/mol. The fourth-order valence-corrected chi connectivity index (χ4v) is 3.89. The van der Waals surface area contributed by atoms with Gasteiger partial charge in [0.1, 0.15) is 11.3 Å². The molecule has 0 saturated heterocycles. The second-order valence-corrected chi connectivity index (χ2v) is 8.01. The van der Waals surface area contributed by atoms with Gasteiger partial charge in [0, 0.05) is 48.9 Å². The van der Waals surface area contributed by atoms with Gasteiger partial charge < -0.3 is 15.0 Å². The Morgan fingerprint density at radius 3 is 2.50 bits per heavy atom. The first-order valence-electron chi connectivity index (χ1n) is 10.2. The molecule has 0 aliphatic rings. The number of hydrogen-bond donors (Lipinski definition) is 2. The molecule has 0 radical (unpaired) electrons. The van der Waals surface area contributed by atoms with Crippen molar-refractivity contribution in [2.24, 2.45) is 7.05 Å². The Morgan fingerprint density at radius 2 is 1.78 bits per heavy atom. The number of ketones is 1. The Balaban J connectivity index is 1.68. The van der Waals surface area contributed by atoms with Crippen LogP contribution in [0.15, 0.2) is 77.9 Å². The molecule has 2 heterocycles. The highest BCUT2D eigenvalue weighted by atomic mass is 35.5. The van der Waals surface area contributed by atoms with Gasteiger partial charge in [-0.25, -0.2) is 0 Å². The number of hydrogen-bond acceptors (Lipinski definition) is 5. The van der Waals surface area contributed by atoms with Crippen molar-refractivity contribution in [1.29, 1.82) is 0 Å². The number of nitrogens with zero attached hydrogens (tertiary/aromatic N) is 2. The third kappa shape index (κ3) is 4.42. The molecule has 162 valence electrons. The maximum absolute atomic E-state index is 13.3. The smallest absolute Gasteiger partial charge is 0.265 e. The zero-order valence-electron chi connectivity index (χ0n) is 17.5. The van der Waals surface area contributed by atoms with E-state index in [2.05, 4.69) is 10.3 Å². The van der Waals surface area contributed by atoms with E-state index in [0.717, 1.165) is 11.1 Å². The van der Waals surface area contributed by atoms with E-state index in [1.807, 2.05) is 24.3 Å². The van der Waals surface area contributed by atoms with Crippen LogP contribution in [0, 0.1) is 0 Å². The van der Waals surface area contributed by atoms with Crippen molar-refractivity contribution in [3.8, 4) is 5.75 Å². The molecule has 0 bridgehead atoms. The van der Waals surface area contributed by atoms with Crippen molar-refractivity contribution in [2.45, 2.75) is 19.0 Å². The Hall–Kier alpha value is -3.48. The zero-order chi connectivity index (χ0) is 22.7. The summed E-state index contributed by atoms with van der Waals surface area (Å²) < 4.78 is 1.39. The number of pyridine rings is 2. The zero-order valence-corrected chi connectivity index (χ0v) is 18.2. The largest absolute Gasteiger partial charge is 0.506 e. The predicted octanol–water partition coefficient (Wildman–Crippen LogP) is 4.40. The summed E-state index contributed by atoms with van der Waals surface area (Å²) >= 11 is 6.03. The van der Waals surface area contributed by atoms with Gasteiger partial charge in [0.15, 0.2) is 5.78 Å². The first-order valence-corrected chi connectivity index (χ1v) is 10.5. The van der Waals surface area contributed by atoms with Crippen LogP contribution in [0.4, 0.5) is 0 Å². The lowest BCUT2D eigenvalue weighted by molar-refractivity contribution is 0.0964. The number of carbonyl (C=O) groups is 1. The van der Waals surface area contributed by atoms with Gasteiger partial charge in [0.25, 0.3) is 5.56 Å². The number of para-hydroxylation sites is 1. The Bertz CT molecular complexity index is 1320. The summed E-state index contributed by atoms with van der Waals surface area (Å²) in [5, 5.41) is 15.2. The molecule has 2 aromatic heterocycles. The minimum atomic E-state index is -0.518. The van der Waals surface area contributed by atoms with E-state index < -0.39 is 11.3 Å². The Kier molecular flexibility index (Phi) is 6.35. The van der Waals surface area contributed by atoms with Crippen LogP contribution in [0.2, 0.25) is 5.02 Å². The standard InChI is InChI=1S/C25H22ClN3O3/c1-29-21-5-3-2-4-19(21)24(31)23(25(29)32)22(30)14-20(17-6-8-18(26)9-7-17)28-15-16-10-12-27-13-11-16/h2-13,20,28,31H,14-15H2,1H3. The SMILES string of the molecule is Cn1c(=O)c(C(=O)CC(NCc2ccncc2)c2ccc(Cl)cc2)c(O)c2ccccc21. The maximum Gasteiger partial charge on any atom is 0.265 e. The number of halogens is 1. The Morgan fingerprint density at radius 1 is 1.09 bits per heavy atom. The lowest BCUT2D eigenvalue weighted by Crippen LogP contribution is -2.29. The lowest BCUT2D eigenvalue weighted by Gasteiger charge is -2.20. The van der Waals surface area contributed by atoms with Crippen LogP contribution in [-0.2, 0) is 13.6 Å². The quantitative estimate of drug-likeness (QED) is 0.410. The van der Waals surface area contributed by atoms with Gasteiger partial charge in [0.2, 0.25) is 0 Å². The molecule has 0 amide bonds. The summed E-state index contributed by atoms with van der Waals surface area (Å²) in [4.78, 5) is 30.2. The minimum absolute atomic E-state index is 0.00610. The molecule has 4 rings (SSSR count). The van der Waals surface area contributed by atoms with E-state index in [9.17, 15) is 14.7 Å². The molecule has 0 saturated carbocycles. The normalized spacial score (nSPS) is 12.1. The van der Waals surface area contributed by atoms with Gasteiger partial charge in [0.05, 0.1) is 5.52 Å². The number of Topliss-reactive ketones (excluding diaryl/α,β-unsaturated/α-hetero) is 1. The van der Waals surface area contributed by atoms with Crippen molar-refractivity contribution in [3.05, 3.63) is 105 Å². The molecular weight excluding hydrogens is 426 g/mol. The van der Waals surface area contributed by atoms with Crippen molar-refractivity contribution in [1.82, 2.24) is 14.9 Å². The molecule has 32 heavy (non-hydrogen) atoms. The second kappa shape index (κ2) is 9.34. The molecule has 0 spiro atoms. The first-order chi connectivity index (χ1) is 15.5. The third-order valence-electron chi connectivity index (χ3n) is 5.52. The molecular formula is C25H22ClN3O3. The van der Waals surface area contributed by atoms with E-state index in [4.69, 9.17) is 11.6 Å².